The third-order valence-corrected chi connectivity index (χ3v) is 5.47. The maximum Gasteiger partial charge on any atom is 0.325 e. The number of para-hydroxylation sites is 1. The lowest BCUT2D eigenvalue weighted by molar-refractivity contribution is 0.0379. The van der Waals surface area contributed by atoms with Gasteiger partial charge in [-0.15, -0.1) is 0 Å². The van der Waals surface area contributed by atoms with E-state index in [2.05, 4.69) is 21.2 Å². The first-order valence-corrected chi connectivity index (χ1v) is 8.42. The van der Waals surface area contributed by atoms with Gasteiger partial charge in [-0.2, -0.15) is 0 Å². The van der Waals surface area contributed by atoms with E-state index in [-0.39, 0.29) is 12.1 Å². The number of nitrogens with one attached hydrogen (secondary N) is 1. The number of hydrogen-bond acceptors (Lipinski definition) is 2. The molecular weight excluding hydrogens is 356 g/mol. The highest BCUT2D eigenvalue weighted by Gasteiger charge is 2.49. The number of rotatable bonds is 1. The average Bonchev–Trinajstić information content (AvgIpc) is 2.50. The number of amides is 2. The van der Waals surface area contributed by atoms with Crippen molar-refractivity contribution in [2.24, 2.45) is 0 Å². The van der Waals surface area contributed by atoms with Crippen LogP contribution < -0.4 is 15.0 Å². The van der Waals surface area contributed by atoms with Crippen molar-refractivity contribution in [2.45, 2.75) is 32.0 Å². The van der Waals surface area contributed by atoms with E-state index in [4.69, 9.17) is 4.74 Å². The predicted octanol–water partition coefficient (Wildman–Crippen LogP) is 4.53. The van der Waals surface area contributed by atoms with Gasteiger partial charge >= 0.3 is 6.03 Å². The summed E-state index contributed by atoms with van der Waals surface area (Å²) in [5.74, 6) is 0.838. The van der Waals surface area contributed by atoms with Gasteiger partial charge in [-0.1, -0.05) is 34.1 Å². The summed E-state index contributed by atoms with van der Waals surface area (Å²) in [5.41, 5.74) is 2.27. The van der Waals surface area contributed by atoms with Crippen molar-refractivity contribution in [1.82, 2.24) is 5.32 Å². The van der Waals surface area contributed by atoms with Crippen LogP contribution in [0.5, 0.6) is 5.75 Å². The molecular formula is C18H17BrN2O2. The van der Waals surface area contributed by atoms with E-state index >= 15 is 0 Å². The van der Waals surface area contributed by atoms with Gasteiger partial charge in [-0.25, -0.2) is 4.79 Å². The molecule has 1 fully saturated rings. The zero-order valence-corrected chi connectivity index (χ0v) is 14.6. The van der Waals surface area contributed by atoms with Gasteiger partial charge in [0.15, 0.2) is 5.72 Å². The third kappa shape index (κ3) is 2.22. The van der Waals surface area contributed by atoms with E-state index in [1.807, 2.05) is 56.3 Å². The molecule has 2 aliphatic heterocycles. The van der Waals surface area contributed by atoms with Crippen LogP contribution in [-0.4, -0.2) is 11.8 Å². The van der Waals surface area contributed by atoms with Gasteiger partial charge in [0.2, 0.25) is 0 Å². The number of hydrogen-bond donors (Lipinski definition) is 1. The molecule has 2 atom stereocenters. The monoisotopic (exact) mass is 372 g/mol. The van der Waals surface area contributed by atoms with Crippen LogP contribution in [0.25, 0.3) is 0 Å². The molecule has 1 N–H and O–H groups in total. The van der Waals surface area contributed by atoms with Gasteiger partial charge < -0.3 is 10.1 Å². The van der Waals surface area contributed by atoms with Crippen molar-refractivity contribution in [3.8, 4) is 5.75 Å². The van der Waals surface area contributed by atoms with Crippen molar-refractivity contribution < 1.29 is 9.53 Å². The molecule has 118 valence electrons. The first-order valence-electron chi connectivity index (χ1n) is 7.63. The van der Waals surface area contributed by atoms with Crippen molar-refractivity contribution >= 4 is 27.6 Å². The van der Waals surface area contributed by atoms with Gasteiger partial charge in [0.25, 0.3) is 0 Å². The molecule has 2 bridgehead atoms. The maximum atomic E-state index is 12.7. The van der Waals surface area contributed by atoms with Crippen LogP contribution in [0.4, 0.5) is 10.5 Å². The zero-order valence-electron chi connectivity index (χ0n) is 13.0. The second kappa shape index (κ2) is 4.99. The fraction of sp³-hybridized carbons (Fsp3) is 0.278. The highest BCUT2D eigenvalue weighted by molar-refractivity contribution is 9.10. The summed E-state index contributed by atoms with van der Waals surface area (Å²) in [6.07, 6.45) is 0.713. The molecule has 4 nitrogen and oxygen atoms in total. The highest BCUT2D eigenvalue weighted by Crippen LogP contribution is 2.45. The Balaban J connectivity index is 1.81. The van der Waals surface area contributed by atoms with Crippen LogP contribution >= 0.6 is 15.9 Å². The molecule has 0 radical (unpaired) electrons. The molecule has 0 aliphatic carbocycles. The van der Waals surface area contributed by atoms with Gasteiger partial charge in [-0.3, -0.25) is 4.90 Å². The number of fused-ring (bicyclic) bond motifs is 4. The lowest BCUT2D eigenvalue weighted by Gasteiger charge is -2.50. The molecule has 5 heteroatoms. The zero-order chi connectivity index (χ0) is 16.2. The summed E-state index contributed by atoms with van der Waals surface area (Å²) in [4.78, 5) is 14.5. The van der Waals surface area contributed by atoms with Crippen molar-refractivity contribution in [2.75, 3.05) is 4.90 Å². The number of ether oxygens (including phenoxy) is 1. The van der Waals surface area contributed by atoms with Crippen molar-refractivity contribution in [3.05, 3.63) is 58.1 Å². The quantitative estimate of drug-likeness (QED) is 0.798. The Morgan fingerprint density at radius 3 is 2.87 bits per heavy atom. The summed E-state index contributed by atoms with van der Waals surface area (Å²) in [5, 5.41) is 3.11. The van der Waals surface area contributed by atoms with Gasteiger partial charge in [0, 0.05) is 22.1 Å². The second-order valence-electron chi connectivity index (χ2n) is 6.29. The Morgan fingerprint density at radius 2 is 2.09 bits per heavy atom. The summed E-state index contributed by atoms with van der Waals surface area (Å²) in [7, 11) is 0. The number of anilines is 1. The standard InChI is InChI=1S/C18H17BrN2O2/c1-11-9-12(7-8-14(11)19)21-17(22)20-15-10-18(21,2)23-16-6-4-3-5-13(15)16/h3-9,15H,10H2,1-2H3,(H,20,22)/t15-,18-/m0/s1. The largest absolute Gasteiger partial charge is 0.467 e. The number of carbonyl (C=O) groups is 1. The molecule has 0 unspecified atom stereocenters. The van der Waals surface area contributed by atoms with E-state index in [0.29, 0.717) is 6.42 Å². The molecule has 0 saturated carbocycles. The van der Waals surface area contributed by atoms with Crippen molar-refractivity contribution in [3.63, 3.8) is 0 Å². The SMILES string of the molecule is Cc1cc(N2C(=O)N[C@H]3C[C@]2(C)Oc2ccccc23)ccc1Br. The number of halogens is 1. The first kappa shape index (κ1) is 14.6. The molecule has 23 heavy (non-hydrogen) atoms. The molecule has 2 aliphatic rings. The van der Waals surface area contributed by atoms with Crippen LogP contribution in [0.2, 0.25) is 0 Å². The topological polar surface area (TPSA) is 41.6 Å². The van der Waals surface area contributed by atoms with Crippen LogP contribution in [0.3, 0.4) is 0 Å². The van der Waals surface area contributed by atoms with E-state index in [1.54, 1.807) is 4.90 Å². The van der Waals surface area contributed by atoms with Crippen LogP contribution in [-0.2, 0) is 0 Å². The summed E-state index contributed by atoms with van der Waals surface area (Å²) in [6, 6.07) is 13.7. The van der Waals surface area contributed by atoms with Crippen LogP contribution in [0.1, 0.15) is 30.5 Å². The number of nitrogens with zero attached hydrogens (tertiary/aromatic N) is 1. The number of urea groups is 1. The smallest absolute Gasteiger partial charge is 0.325 e. The lowest BCUT2D eigenvalue weighted by atomic mass is 9.90. The Hall–Kier alpha value is -2.01. The normalized spacial score (nSPS) is 25.4. The van der Waals surface area contributed by atoms with Crippen LogP contribution in [0.15, 0.2) is 46.9 Å². The highest BCUT2D eigenvalue weighted by atomic mass is 79.9. The average molecular weight is 373 g/mol. The number of benzene rings is 2. The fourth-order valence-electron chi connectivity index (χ4n) is 3.48. The number of aryl methyl sites for hydroxylation is 1. The van der Waals surface area contributed by atoms with E-state index in [9.17, 15) is 4.79 Å². The summed E-state index contributed by atoms with van der Waals surface area (Å²) < 4.78 is 7.28. The van der Waals surface area contributed by atoms with Gasteiger partial charge in [0.05, 0.1) is 6.04 Å². The molecule has 2 heterocycles. The Kier molecular flexibility index (Phi) is 3.17. The first-order chi connectivity index (χ1) is 11.0. The molecule has 0 aromatic heterocycles. The molecule has 2 aromatic rings. The number of carbonyl (C=O) groups excluding carboxylic acids is 1. The Morgan fingerprint density at radius 1 is 1.30 bits per heavy atom. The lowest BCUT2D eigenvalue weighted by Crippen LogP contribution is -2.65. The Bertz CT molecular complexity index is 807. The van der Waals surface area contributed by atoms with Crippen molar-refractivity contribution in [1.29, 1.82) is 0 Å². The van der Waals surface area contributed by atoms with E-state index < -0.39 is 5.72 Å². The molecule has 2 amide bonds. The predicted molar refractivity (Wildman–Crippen MR) is 92.7 cm³/mol. The fourth-order valence-corrected chi connectivity index (χ4v) is 3.73. The second-order valence-corrected chi connectivity index (χ2v) is 7.14. The third-order valence-electron chi connectivity index (χ3n) is 4.58. The maximum absolute atomic E-state index is 12.7. The van der Waals surface area contributed by atoms with Gasteiger partial charge in [-0.05, 0) is 43.7 Å². The molecule has 0 spiro atoms. The minimum Gasteiger partial charge on any atom is -0.467 e. The minimum absolute atomic E-state index is 0.00903. The van der Waals surface area contributed by atoms with Crippen LogP contribution in [0, 0.1) is 6.92 Å². The molecule has 1 saturated heterocycles. The minimum atomic E-state index is -0.693. The summed E-state index contributed by atoms with van der Waals surface area (Å²) in [6.45, 7) is 3.99. The van der Waals surface area contributed by atoms with Gasteiger partial charge in [0.1, 0.15) is 5.75 Å². The van der Waals surface area contributed by atoms with E-state index in [1.165, 1.54) is 0 Å². The molecule has 2 aromatic carbocycles. The Labute approximate surface area is 143 Å². The molecule has 4 rings (SSSR count). The summed E-state index contributed by atoms with van der Waals surface area (Å²) >= 11 is 3.51. The van der Waals surface area contributed by atoms with E-state index in [0.717, 1.165) is 27.0 Å².